The minimum atomic E-state index is 0.292. The van der Waals surface area contributed by atoms with Gasteiger partial charge < -0.3 is 10.3 Å². The van der Waals surface area contributed by atoms with Crippen molar-refractivity contribution in [2.24, 2.45) is 0 Å². The molecule has 0 atom stereocenters. The molecule has 3 rings (SSSR count). The van der Waals surface area contributed by atoms with Crippen LogP contribution in [0.25, 0.3) is 22.4 Å². The summed E-state index contributed by atoms with van der Waals surface area (Å²) < 4.78 is 6.16. The molecule has 0 aliphatic rings. The van der Waals surface area contributed by atoms with Gasteiger partial charge in [0, 0.05) is 15.1 Å². The average Bonchev–Trinajstić information content (AvgIpc) is 2.79. The van der Waals surface area contributed by atoms with E-state index < -0.39 is 0 Å². The number of anilines is 1. The van der Waals surface area contributed by atoms with Gasteiger partial charge in [-0.05, 0) is 48.4 Å². The van der Waals surface area contributed by atoms with E-state index in [1.165, 1.54) is 0 Å². The normalized spacial score (nSPS) is 10.8. The van der Waals surface area contributed by atoms with E-state index in [0.717, 1.165) is 26.7 Å². The summed E-state index contributed by atoms with van der Waals surface area (Å²) in [5.41, 5.74) is 10.3. The van der Waals surface area contributed by atoms with Crippen LogP contribution in [-0.2, 0) is 0 Å². The maximum Gasteiger partial charge on any atom is 0.230 e. The van der Waals surface area contributed by atoms with Gasteiger partial charge >= 0.3 is 0 Å². The van der Waals surface area contributed by atoms with Crippen LogP contribution in [0.15, 0.2) is 51.5 Å². The van der Waals surface area contributed by atoms with Gasteiger partial charge in [0.25, 0.3) is 0 Å². The van der Waals surface area contributed by atoms with Crippen LogP contribution in [-0.4, -0.2) is 5.16 Å². The van der Waals surface area contributed by atoms with Crippen LogP contribution in [0.4, 0.5) is 5.88 Å². The zero-order chi connectivity index (χ0) is 15.0. The highest BCUT2D eigenvalue weighted by Crippen LogP contribution is 2.38. The first-order valence-electron chi connectivity index (χ1n) is 6.33. The number of aryl methyl sites for hydroxylation is 1. The molecular weight excluding hydrogens is 352 g/mol. The lowest BCUT2D eigenvalue weighted by Gasteiger charge is -2.05. The summed E-state index contributed by atoms with van der Waals surface area (Å²) in [6.45, 7) is 1.98. The zero-order valence-electron chi connectivity index (χ0n) is 11.2. The van der Waals surface area contributed by atoms with Crippen LogP contribution in [0.1, 0.15) is 5.56 Å². The molecule has 1 heterocycles. The van der Waals surface area contributed by atoms with Crippen molar-refractivity contribution in [2.45, 2.75) is 6.92 Å². The van der Waals surface area contributed by atoms with E-state index in [1.54, 1.807) is 0 Å². The second kappa shape index (κ2) is 5.54. The fraction of sp³-hybridized carbons (Fsp3) is 0.0625. The molecule has 2 N–H and O–H groups in total. The van der Waals surface area contributed by atoms with Gasteiger partial charge in [-0.1, -0.05) is 44.8 Å². The molecule has 3 aromatic rings. The van der Waals surface area contributed by atoms with Crippen molar-refractivity contribution < 1.29 is 4.52 Å². The average molecular weight is 364 g/mol. The molecule has 0 saturated heterocycles. The van der Waals surface area contributed by atoms with Gasteiger partial charge in [-0.3, -0.25) is 0 Å². The fourth-order valence-electron chi connectivity index (χ4n) is 2.30. The maximum absolute atomic E-state index is 6.13. The predicted molar refractivity (Wildman–Crippen MR) is 89.2 cm³/mol. The van der Waals surface area contributed by atoms with Crippen molar-refractivity contribution in [1.82, 2.24) is 5.16 Å². The number of nitrogens with two attached hydrogens (primary N) is 1. The molecule has 0 unspecified atom stereocenters. The predicted octanol–water partition coefficient (Wildman–Crippen LogP) is 5.32. The van der Waals surface area contributed by atoms with Crippen molar-refractivity contribution >= 4 is 33.4 Å². The summed E-state index contributed by atoms with van der Waals surface area (Å²) in [5, 5.41) is 4.76. The summed E-state index contributed by atoms with van der Waals surface area (Å²) >= 11 is 9.60. The summed E-state index contributed by atoms with van der Waals surface area (Å²) in [6, 6.07) is 13.6. The Bertz CT molecular complexity index is 794. The Morgan fingerprint density at radius 1 is 1.14 bits per heavy atom. The molecule has 2 aromatic carbocycles. The van der Waals surface area contributed by atoms with E-state index in [9.17, 15) is 0 Å². The van der Waals surface area contributed by atoms with Gasteiger partial charge in [0.2, 0.25) is 5.88 Å². The van der Waals surface area contributed by atoms with Crippen LogP contribution in [0.2, 0.25) is 5.02 Å². The van der Waals surface area contributed by atoms with E-state index in [1.807, 2.05) is 49.4 Å². The molecule has 1 aromatic heterocycles. The van der Waals surface area contributed by atoms with Crippen molar-refractivity contribution in [3.8, 4) is 22.4 Å². The Morgan fingerprint density at radius 3 is 2.67 bits per heavy atom. The Kier molecular flexibility index (Phi) is 3.74. The number of halogens is 2. The van der Waals surface area contributed by atoms with Crippen molar-refractivity contribution in [3.63, 3.8) is 0 Å². The highest BCUT2D eigenvalue weighted by Gasteiger charge is 2.18. The standard InChI is InChI=1S/C16H12BrClN2O/c1-9-5-11(8-13(18)6-9)15-14(16(19)21-20-15)10-3-2-4-12(17)7-10/h2-8H,19H2,1H3. The van der Waals surface area contributed by atoms with E-state index in [0.29, 0.717) is 16.6 Å². The molecule has 5 heteroatoms. The van der Waals surface area contributed by atoms with E-state index in [-0.39, 0.29) is 0 Å². The quantitative estimate of drug-likeness (QED) is 0.671. The molecule has 0 radical (unpaired) electrons. The van der Waals surface area contributed by atoms with Gasteiger partial charge in [0.1, 0.15) is 5.69 Å². The SMILES string of the molecule is Cc1cc(Cl)cc(-c2noc(N)c2-c2cccc(Br)c2)c1. The smallest absolute Gasteiger partial charge is 0.230 e. The number of benzene rings is 2. The molecule has 106 valence electrons. The van der Waals surface area contributed by atoms with Crippen LogP contribution in [0, 0.1) is 6.92 Å². The Labute approximate surface area is 135 Å². The van der Waals surface area contributed by atoms with E-state index in [2.05, 4.69) is 21.1 Å². The first-order chi connectivity index (χ1) is 10.0. The lowest BCUT2D eigenvalue weighted by Crippen LogP contribution is -1.88. The summed E-state index contributed by atoms with van der Waals surface area (Å²) in [6.07, 6.45) is 0. The van der Waals surface area contributed by atoms with E-state index >= 15 is 0 Å². The van der Waals surface area contributed by atoms with Crippen molar-refractivity contribution in [1.29, 1.82) is 0 Å². The number of hydrogen-bond acceptors (Lipinski definition) is 3. The monoisotopic (exact) mass is 362 g/mol. The van der Waals surface area contributed by atoms with Gasteiger partial charge in [-0.15, -0.1) is 0 Å². The lowest BCUT2D eigenvalue weighted by molar-refractivity contribution is 0.439. The molecule has 0 bridgehead atoms. The molecule has 3 nitrogen and oxygen atoms in total. The van der Waals surface area contributed by atoms with Crippen LogP contribution in [0.3, 0.4) is 0 Å². The Morgan fingerprint density at radius 2 is 1.95 bits per heavy atom. The molecule has 0 aliphatic heterocycles. The highest BCUT2D eigenvalue weighted by molar-refractivity contribution is 9.10. The molecule has 0 aliphatic carbocycles. The minimum absolute atomic E-state index is 0.292. The highest BCUT2D eigenvalue weighted by atomic mass is 79.9. The lowest BCUT2D eigenvalue weighted by atomic mass is 10.00. The topological polar surface area (TPSA) is 52.0 Å². The second-order valence-corrected chi connectivity index (χ2v) is 6.15. The zero-order valence-corrected chi connectivity index (χ0v) is 13.6. The number of aromatic nitrogens is 1. The molecule has 0 fully saturated rings. The van der Waals surface area contributed by atoms with Gasteiger partial charge in [0.15, 0.2) is 0 Å². The number of rotatable bonds is 2. The van der Waals surface area contributed by atoms with E-state index in [4.69, 9.17) is 21.9 Å². The summed E-state index contributed by atoms with van der Waals surface area (Å²) in [5.74, 6) is 0.292. The summed E-state index contributed by atoms with van der Waals surface area (Å²) in [4.78, 5) is 0. The van der Waals surface area contributed by atoms with Crippen LogP contribution in [0.5, 0.6) is 0 Å². The molecular formula is C16H12BrClN2O. The van der Waals surface area contributed by atoms with Crippen LogP contribution < -0.4 is 5.73 Å². The third-order valence-electron chi connectivity index (χ3n) is 3.15. The second-order valence-electron chi connectivity index (χ2n) is 4.80. The minimum Gasteiger partial charge on any atom is -0.367 e. The van der Waals surface area contributed by atoms with Crippen molar-refractivity contribution in [2.75, 3.05) is 5.73 Å². The summed E-state index contributed by atoms with van der Waals surface area (Å²) in [7, 11) is 0. The van der Waals surface area contributed by atoms with Crippen molar-refractivity contribution in [3.05, 3.63) is 57.5 Å². The molecule has 0 amide bonds. The Balaban J connectivity index is 2.21. The first-order valence-corrected chi connectivity index (χ1v) is 7.50. The number of nitrogen functional groups attached to an aromatic ring is 1. The van der Waals surface area contributed by atoms with Crippen LogP contribution >= 0.6 is 27.5 Å². The largest absolute Gasteiger partial charge is 0.367 e. The molecule has 21 heavy (non-hydrogen) atoms. The first kappa shape index (κ1) is 14.2. The van der Waals surface area contributed by atoms with Gasteiger partial charge in [-0.2, -0.15) is 0 Å². The number of hydrogen-bond donors (Lipinski definition) is 1. The third-order valence-corrected chi connectivity index (χ3v) is 3.86. The molecule has 0 saturated carbocycles. The fourth-order valence-corrected chi connectivity index (χ4v) is 2.98. The van der Waals surface area contributed by atoms with Gasteiger partial charge in [-0.25, -0.2) is 0 Å². The van der Waals surface area contributed by atoms with Gasteiger partial charge in [0.05, 0.1) is 5.56 Å². The Hall–Kier alpha value is -1.78. The molecule has 0 spiro atoms. The number of nitrogens with zero attached hydrogens (tertiary/aromatic N) is 1. The maximum atomic E-state index is 6.13. The third kappa shape index (κ3) is 2.82.